The molecule has 6 heteroatoms. The third-order valence-corrected chi connectivity index (χ3v) is 4.03. The Labute approximate surface area is 126 Å². The Hall–Kier alpha value is -1.43. The van der Waals surface area contributed by atoms with Gasteiger partial charge < -0.3 is 15.2 Å². The van der Waals surface area contributed by atoms with Crippen molar-refractivity contribution in [3.8, 4) is 0 Å². The lowest BCUT2D eigenvalue weighted by atomic mass is 10.1. The average molecular weight is 293 g/mol. The molecule has 2 N–H and O–H groups in total. The van der Waals surface area contributed by atoms with Crippen LogP contribution >= 0.6 is 0 Å². The molecule has 1 aliphatic rings. The minimum atomic E-state index is -0.0964. The highest BCUT2D eigenvalue weighted by Gasteiger charge is 2.22. The summed E-state index contributed by atoms with van der Waals surface area (Å²) in [6, 6.07) is -0.0964. The lowest BCUT2D eigenvalue weighted by Crippen LogP contribution is -2.37. The highest BCUT2D eigenvalue weighted by Crippen LogP contribution is 2.18. The van der Waals surface area contributed by atoms with Crippen molar-refractivity contribution in [2.75, 3.05) is 13.1 Å². The number of amides is 1. The molecule has 2 rings (SSSR count). The Morgan fingerprint density at radius 1 is 1.29 bits per heavy atom. The third-order valence-electron chi connectivity index (χ3n) is 4.03. The van der Waals surface area contributed by atoms with Crippen LogP contribution in [0.15, 0.2) is 0 Å². The number of nitrogens with zero attached hydrogens (tertiary/aromatic N) is 3. The van der Waals surface area contributed by atoms with Crippen LogP contribution in [0.5, 0.6) is 0 Å². The lowest BCUT2D eigenvalue weighted by molar-refractivity contribution is -0.125. The summed E-state index contributed by atoms with van der Waals surface area (Å²) in [5, 5.41) is 14.8. The van der Waals surface area contributed by atoms with E-state index in [1.54, 1.807) is 0 Å². The molecule has 1 aromatic rings. The van der Waals surface area contributed by atoms with E-state index >= 15 is 0 Å². The van der Waals surface area contributed by atoms with Crippen molar-refractivity contribution >= 4 is 5.91 Å². The molecule has 1 amide bonds. The van der Waals surface area contributed by atoms with E-state index in [1.165, 1.54) is 12.8 Å². The number of rotatable bonds is 6. The van der Waals surface area contributed by atoms with Crippen molar-refractivity contribution in [1.82, 2.24) is 25.4 Å². The minimum absolute atomic E-state index is 0.0427. The predicted octanol–water partition coefficient (Wildman–Crippen LogP) is 1.43. The maximum absolute atomic E-state index is 12.2. The van der Waals surface area contributed by atoms with Crippen molar-refractivity contribution < 1.29 is 4.79 Å². The Balaban J connectivity index is 1.98. The molecule has 0 aliphatic carbocycles. The maximum Gasteiger partial charge on any atom is 0.224 e. The average Bonchev–Trinajstić information content (AvgIpc) is 2.73. The molecule has 118 valence electrons. The minimum Gasteiger partial charge on any atom is -0.346 e. The topological polar surface area (TPSA) is 71.8 Å². The molecule has 1 aliphatic heterocycles. The van der Waals surface area contributed by atoms with Gasteiger partial charge in [0.05, 0.1) is 6.04 Å². The van der Waals surface area contributed by atoms with Gasteiger partial charge in [-0.2, -0.15) is 0 Å². The molecular weight excluding hydrogens is 266 g/mol. The smallest absolute Gasteiger partial charge is 0.224 e. The summed E-state index contributed by atoms with van der Waals surface area (Å²) in [5.74, 6) is 1.97. The fourth-order valence-electron chi connectivity index (χ4n) is 2.70. The third kappa shape index (κ3) is 4.03. The first-order valence-corrected chi connectivity index (χ1v) is 8.06. The van der Waals surface area contributed by atoms with E-state index < -0.39 is 0 Å². The van der Waals surface area contributed by atoms with Crippen LogP contribution < -0.4 is 10.6 Å². The van der Waals surface area contributed by atoms with E-state index in [1.807, 2.05) is 20.8 Å². The quantitative estimate of drug-likeness (QED) is 0.832. The van der Waals surface area contributed by atoms with Gasteiger partial charge in [0, 0.05) is 25.4 Å². The van der Waals surface area contributed by atoms with Crippen molar-refractivity contribution in [3.63, 3.8) is 0 Å². The van der Waals surface area contributed by atoms with Crippen molar-refractivity contribution in [3.05, 3.63) is 11.6 Å². The molecule has 0 radical (unpaired) electrons. The van der Waals surface area contributed by atoms with Crippen LogP contribution in [0.25, 0.3) is 0 Å². The van der Waals surface area contributed by atoms with Gasteiger partial charge in [0.15, 0.2) is 5.82 Å². The molecular formula is C15H27N5O. The van der Waals surface area contributed by atoms with E-state index in [9.17, 15) is 4.79 Å². The normalized spacial score (nSPS) is 17.7. The van der Waals surface area contributed by atoms with Gasteiger partial charge in [0.2, 0.25) is 5.91 Å². The maximum atomic E-state index is 12.2. The molecule has 2 heterocycles. The van der Waals surface area contributed by atoms with Gasteiger partial charge in [0.1, 0.15) is 5.82 Å². The molecule has 1 aromatic heterocycles. The van der Waals surface area contributed by atoms with Gasteiger partial charge in [-0.05, 0) is 26.3 Å². The largest absolute Gasteiger partial charge is 0.346 e. The van der Waals surface area contributed by atoms with Crippen LogP contribution in [0.3, 0.4) is 0 Å². The number of aryl methyl sites for hydroxylation is 1. The van der Waals surface area contributed by atoms with Gasteiger partial charge in [0.25, 0.3) is 0 Å². The number of aromatic nitrogens is 3. The Kier molecular flexibility index (Phi) is 5.73. The van der Waals surface area contributed by atoms with Gasteiger partial charge >= 0.3 is 0 Å². The summed E-state index contributed by atoms with van der Waals surface area (Å²) in [5.41, 5.74) is 0. The van der Waals surface area contributed by atoms with Crippen molar-refractivity contribution in [2.24, 2.45) is 5.92 Å². The Bertz CT molecular complexity index is 471. The van der Waals surface area contributed by atoms with E-state index in [2.05, 4.69) is 25.4 Å². The van der Waals surface area contributed by atoms with Gasteiger partial charge in [-0.25, -0.2) is 0 Å². The standard InChI is InChI=1S/C15H27N5O/c1-4-16-10-11(2)15(21)17-12(3)14-19-18-13-8-6-5-7-9-20(13)14/h11-12,16H,4-10H2,1-3H3,(H,17,21). The molecule has 0 bridgehead atoms. The van der Waals surface area contributed by atoms with Crippen molar-refractivity contribution in [2.45, 2.75) is 59.0 Å². The second-order valence-electron chi connectivity index (χ2n) is 5.88. The van der Waals surface area contributed by atoms with Crippen molar-refractivity contribution in [1.29, 1.82) is 0 Å². The first kappa shape index (κ1) is 15.9. The molecule has 0 aromatic carbocycles. The second kappa shape index (κ2) is 7.54. The zero-order chi connectivity index (χ0) is 15.2. The Morgan fingerprint density at radius 3 is 2.86 bits per heavy atom. The van der Waals surface area contributed by atoms with Crippen LogP contribution in [-0.2, 0) is 17.8 Å². The molecule has 2 unspecified atom stereocenters. The van der Waals surface area contributed by atoms with Gasteiger partial charge in [-0.1, -0.05) is 20.3 Å². The molecule has 6 nitrogen and oxygen atoms in total. The monoisotopic (exact) mass is 293 g/mol. The zero-order valence-electron chi connectivity index (χ0n) is 13.4. The fraction of sp³-hybridized carbons (Fsp3) is 0.800. The number of nitrogens with one attached hydrogen (secondary N) is 2. The highest BCUT2D eigenvalue weighted by atomic mass is 16.1. The first-order valence-electron chi connectivity index (χ1n) is 8.06. The molecule has 0 saturated carbocycles. The summed E-state index contributed by atoms with van der Waals surface area (Å²) >= 11 is 0. The van der Waals surface area contributed by atoms with Gasteiger partial charge in [-0.15, -0.1) is 10.2 Å². The van der Waals surface area contributed by atoms with E-state index in [0.717, 1.165) is 37.6 Å². The van der Waals surface area contributed by atoms with Gasteiger partial charge in [-0.3, -0.25) is 4.79 Å². The van der Waals surface area contributed by atoms with Crippen LogP contribution in [0, 0.1) is 5.92 Å². The number of carbonyl (C=O) groups excluding carboxylic acids is 1. The molecule has 21 heavy (non-hydrogen) atoms. The number of carbonyl (C=O) groups is 1. The predicted molar refractivity (Wildman–Crippen MR) is 81.8 cm³/mol. The second-order valence-corrected chi connectivity index (χ2v) is 5.88. The molecule has 0 saturated heterocycles. The van der Waals surface area contributed by atoms with E-state index in [4.69, 9.17) is 0 Å². The van der Waals surface area contributed by atoms with Crippen LogP contribution in [-0.4, -0.2) is 33.8 Å². The number of fused-ring (bicyclic) bond motifs is 1. The molecule has 0 fully saturated rings. The molecule has 2 atom stereocenters. The SMILES string of the molecule is CCNCC(C)C(=O)NC(C)c1nnc2n1CCCCC2. The fourth-order valence-corrected chi connectivity index (χ4v) is 2.70. The summed E-state index contributed by atoms with van der Waals surface area (Å²) in [4.78, 5) is 12.2. The lowest BCUT2D eigenvalue weighted by Gasteiger charge is -2.18. The van der Waals surface area contributed by atoms with Crippen LogP contribution in [0.2, 0.25) is 0 Å². The summed E-state index contributed by atoms with van der Waals surface area (Å²) < 4.78 is 2.19. The zero-order valence-corrected chi connectivity index (χ0v) is 13.4. The van der Waals surface area contributed by atoms with Crippen LogP contribution in [0.1, 0.15) is 57.7 Å². The summed E-state index contributed by atoms with van der Waals surface area (Å²) in [6.07, 6.45) is 4.57. The first-order chi connectivity index (χ1) is 10.1. The van der Waals surface area contributed by atoms with E-state index in [0.29, 0.717) is 6.54 Å². The molecule has 0 spiro atoms. The Morgan fingerprint density at radius 2 is 2.10 bits per heavy atom. The summed E-state index contributed by atoms with van der Waals surface area (Å²) in [7, 11) is 0. The summed E-state index contributed by atoms with van der Waals surface area (Å²) in [6.45, 7) is 8.51. The number of hydrogen-bond acceptors (Lipinski definition) is 4. The highest BCUT2D eigenvalue weighted by molar-refractivity contribution is 5.78. The van der Waals surface area contributed by atoms with E-state index in [-0.39, 0.29) is 17.9 Å². The van der Waals surface area contributed by atoms with Crippen LogP contribution in [0.4, 0.5) is 0 Å². The number of hydrogen-bond donors (Lipinski definition) is 2.